The molecule has 148 valence electrons. The molecule has 1 aromatic heterocycles. The second-order valence-corrected chi connectivity index (χ2v) is 6.87. The smallest absolute Gasteiger partial charge is 0.161 e. The van der Waals surface area contributed by atoms with Crippen LogP contribution in [-0.4, -0.2) is 28.7 Å². The third-order valence-electron chi connectivity index (χ3n) is 5.15. The maximum atomic E-state index is 6.30. The molecule has 1 heterocycles. The molecule has 0 bridgehead atoms. The standard InChI is InChI=1S/C24H25N3O2/c1-3-29-23(19-14-8-5-9-15-19)22(18-12-6-4-7-13-18)24(28-2)27-21-17-11-10-16-20(21)25-26-27/h4-17,22-24H,3H2,1-2H3. The average molecular weight is 387 g/mol. The highest BCUT2D eigenvalue weighted by atomic mass is 16.5. The first-order chi connectivity index (χ1) is 14.3. The molecule has 29 heavy (non-hydrogen) atoms. The molecule has 0 saturated carbocycles. The van der Waals surface area contributed by atoms with Crippen LogP contribution in [0.2, 0.25) is 0 Å². The van der Waals surface area contributed by atoms with Gasteiger partial charge in [-0.05, 0) is 30.2 Å². The van der Waals surface area contributed by atoms with Crippen molar-refractivity contribution in [1.82, 2.24) is 15.0 Å². The second-order valence-electron chi connectivity index (χ2n) is 6.87. The molecular formula is C24H25N3O2. The summed E-state index contributed by atoms with van der Waals surface area (Å²) in [5.74, 6) is -0.117. The van der Waals surface area contributed by atoms with Gasteiger partial charge in [0.05, 0.1) is 17.5 Å². The molecule has 5 nitrogen and oxygen atoms in total. The summed E-state index contributed by atoms with van der Waals surface area (Å²) in [6.45, 7) is 2.61. The minimum Gasteiger partial charge on any atom is -0.373 e. The largest absolute Gasteiger partial charge is 0.373 e. The van der Waals surface area contributed by atoms with E-state index >= 15 is 0 Å². The Morgan fingerprint density at radius 2 is 1.45 bits per heavy atom. The van der Waals surface area contributed by atoms with Crippen LogP contribution in [0, 0.1) is 0 Å². The third kappa shape index (κ3) is 3.92. The predicted molar refractivity (Wildman–Crippen MR) is 114 cm³/mol. The summed E-state index contributed by atoms with van der Waals surface area (Å²) in [5.41, 5.74) is 4.01. The lowest BCUT2D eigenvalue weighted by molar-refractivity contribution is -0.0543. The molecule has 4 aromatic rings. The minimum atomic E-state index is -0.387. The van der Waals surface area contributed by atoms with Gasteiger partial charge in [-0.1, -0.05) is 78.0 Å². The zero-order valence-electron chi connectivity index (χ0n) is 16.7. The maximum absolute atomic E-state index is 6.30. The lowest BCUT2D eigenvalue weighted by Gasteiger charge is -2.33. The summed E-state index contributed by atoms with van der Waals surface area (Å²) >= 11 is 0. The van der Waals surface area contributed by atoms with Crippen molar-refractivity contribution in [3.05, 3.63) is 96.1 Å². The van der Waals surface area contributed by atoms with Crippen LogP contribution >= 0.6 is 0 Å². The molecule has 0 saturated heterocycles. The molecule has 0 radical (unpaired) electrons. The van der Waals surface area contributed by atoms with Gasteiger partial charge in [0.25, 0.3) is 0 Å². The fraction of sp³-hybridized carbons (Fsp3) is 0.250. The highest BCUT2D eigenvalue weighted by Crippen LogP contribution is 2.42. The summed E-state index contributed by atoms with van der Waals surface area (Å²) in [7, 11) is 1.71. The molecule has 3 aromatic carbocycles. The first kappa shape index (κ1) is 19.3. The Labute approximate surface area is 170 Å². The Kier molecular flexibility index (Phi) is 5.98. The van der Waals surface area contributed by atoms with E-state index in [0.29, 0.717) is 6.61 Å². The van der Waals surface area contributed by atoms with Gasteiger partial charge in [0.2, 0.25) is 0 Å². The Bertz CT molecular complexity index is 1030. The van der Waals surface area contributed by atoms with Crippen LogP contribution < -0.4 is 0 Å². The fourth-order valence-corrected chi connectivity index (χ4v) is 3.87. The summed E-state index contributed by atoms with van der Waals surface area (Å²) in [5, 5.41) is 8.77. The summed E-state index contributed by atoms with van der Waals surface area (Å²) < 4.78 is 14.2. The van der Waals surface area contributed by atoms with Crippen molar-refractivity contribution < 1.29 is 9.47 Å². The number of hydrogen-bond acceptors (Lipinski definition) is 4. The monoisotopic (exact) mass is 387 g/mol. The molecule has 0 fully saturated rings. The van der Waals surface area contributed by atoms with Crippen molar-refractivity contribution in [3.63, 3.8) is 0 Å². The molecule has 0 amide bonds. The number of para-hydroxylation sites is 1. The van der Waals surface area contributed by atoms with Crippen LogP contribution in [0.1, 0.15) is 36.3 Å². The zero-order valence-corrected chi connectivity index (χ0v) is 16.7. The zero-order chi connectivity index (χ0) is 20.1. The van der Waals surface area contributed by atoms with Crippen LogP contribution in [0.5, 0.6) is 0 Å². The van der Waals surface area contributed by atoms with Gasteiger partial charge in [0.1, 0.15) is 5.52 Å². The van der Waals surface area contributed by atoms with Crippen LogP contribution in [0.3, 0.4) is 0 Å². The second kappa shape index (κ2) is 8.99. The average Bonchev–Trinajstić information content (AvgIpc) is 3.21. The Morgan fingerprint density at radius 3 is 2.10 bits per heavy atom. The van der Waals surface area contributed by atoms with E-state index in [1.807, 2.05) is 72.3 Å². The van der Waals surface area contributed by atoms with Gasteiger partial charge in [-0.15, -0.1) is 5.10 Å². The lowest BCUT2D eigenvalue weighted by atomic mass is 9.87. The predicted octanol–water partition coefficient (Wildman–Crippen LogP) is 5.14. The van der Waals surface area contributed by atoms with Gasteiger partial charge in [-0.3, -0.25) is 0 Å². The number of rotatable bonds is 8. The molecule has 0 aliphatic rings. The summed E-state index contributed by atoms with van der Waals surface area (Å²) in [6, 6.07) is 28.6. The topological polar surface area (TPSA) is 49.2 Å². The summed E-state index contributed by atoms with van der Waals surface area (Å²) in [4.78, 5) is 0. The van der Waals surface area contributed by atoms with Crippen LogP contribution in [0.15, 0.2) is 84.9 Å². The van der Waals surface area contributed by atoms with Gasteiger partial charge < -0.3 is 9.47 Å². The Morgan fingerprint density at radius 1 is 0.828 bits per heavy atom. The van der Waals surface area contributed by atoms with Gasteiger partial charge >= 0.3 is 0 Å². The fourth-order valence-electron chi connectivity index (χ4n) is 3.87. The van der Waals surface area contributed by atoms with E-state index in [4.69, 9.17) is 9.47 Å². The van der Waals surface area contributed by atoms with Crippen molar-refractivity contribution in [1.29, 1.82) is 0 Å². The van der Waals surface area contributed by atoms with E-state index in [0.717, 1.165) is 22.2 Å². The van der Waals surface area contributed by atoms with Crippen LogP contribution in [0.4, 0.5) is 0 Å². The molecule has 5 heteroatoms. The van der Waals surface area contributed by atoms with Crippen molar-refractivity contribution in [2.24, 2.45) is 0 Å². The highest BCUT2D eigenvalue weighted by molar-refractivity contribution is 5.74. The lowest BCUT2D eigenvalue weighted by Crippen LogP contribution is -2.27. The van der Waals surface area contributed by atoms with E-state index in [-0.39, 0.29) is 18.2 Å². The molecule has 3 unspecified atom stereocenters. The van der Waals surface area contributed by atoms with E-state index in [2.05, 4.69) is 34.6 Å². The maximum Gasteiger partial charge on any atom is 0.161 e. The van der Waals surface area contributed by atoms with Crippen LogP contribution in [0.25, 0.3) is 11.0 Å². The first-order valence-electron chi connectivity index (χ1n) is 9.87. The number of benzene rings is 3. The molecule has 0 spiro atoms. The van der Waals surface area contributed by atoms with E-state index < -0.39 is 0 Å². The number of methoxy groups -OCH3 is 1. The number of nitrogens with zero attached hydrogens (tertiary/aromatic N) is 3. The number of aromatic nitrogens is 3. The number of fused-ring (bicyclic) bond motifs is 1. The van der Waals surface area contributed by atoms with E-state index in [1.165, 1.54) is 0 Å². The first-order valence-corrected chi connectivity index (χ1v) is 9.87. The number of ether oxygens (including phenoxy) is 2. The SMILES string of the molecule is CCOC(c1ccccc1)C(c1ccccc1)C(OC)n1nnc2ccccc21. The van der Waals surface area contributed by atoms with Crippen molar-refractivity contribution in [2.45, 2.75) is 25.2 Å². The molecule has 3 atom stereocenters. The number of hydrogen-bond donors (Lipinski definition) is 0. The molecule has 0 N–H and O–H groups in total. The van der Waals surface area contributed by atoms with Gasteiger partial charge in [-0.25, -0.2) is 4.68 Å². The van der Waals surface area contributed by atoms with Crippen molar-refractivity contribution in [2.75, 3.05) is 13.7 Å². The quantitative estimate of drug-likeness (QED) is 0.420. The highest BCUT2D eigenvalue weighted by Gasteiger charge is 2.35. The van der Waals surface area contributed by atoms with Crippen LogP contribution in [-0.2, 0) is 9.47 Å². The minimum absolute atomic E-state index is 0.117. The Hall–Kier alpha value is -3.02. The Balaban J connectivity index is 1.87. The van der Waals surface area contributed by atoms with Gasteiger partial charge in [-0.2, -0.15) is 0 Å². The molecule has 0 aliphatic carbocycles. The summed E-state index contributed by atoms with van der Waals surface area (Å²) in [6.07, 6.45) is -0.585. The molecule has 4 rings (SSSR count). The molecule has 0 aliphatic heterocycles. The third-order valence-corrected chi connectivity index (χ3v) is 5.15. The van der Waals surface area contributed by atoms with Crippen molar-refractivity contribution in [3.8, 4) is 0 Å². The van der Waals surface area contributed by atoms with Gasteiger partial charge in [0, 0.05) is 13.7 Å². The van der Waals surface area contributed by atoms with E-state index in [9.17, 15) is 0 Å². The van der Waals surface area contributed by atoms with Crippen molar-refractivity contribution >= 4 is 11.0 Å². The normalized spacial score (nSPS) is 14.6. The van der Waals surface area contributed by atoms with Gasteiger partial charge in [0.15, 0.2) is 6.23 Å². The molecular weight excluding hydrogens is 362 g/mol. The van der Waals surface area contributed by atoms with E-state index in [1.54, 1.807) is 7.11 Å².